The molecule has 1 saturated heterocycles. The molecule has 1 aromatic carbocycles. The van der Waals surface area contributed by atoms with Crippen LogP contribution in [0.15, 0.2) is 24.3 Å². The second kappa shape index (κ2) is 7.15. The molecular formula is C15H22BrNO. The first-order valence-corrected chi connectivity index (χ1v) is 7.89. The van der Waals surface area contributed by atoms with Crippen molar-refractivity contribution in [2.24, 2.45) is 0 Å². The molecule has 1 heterocycles. The van der Waals surface area contributed by atoms with Crippen molar-refractivity contribution in [3.8, 4) is 5.75 Å². The first-order valence-electron chi connectivity index (χ1n) is 6.77. The highest BCUT2D eigenvalue weighted by atomic mass is 79.9. The van der Waals surface area contributed by atoms with Gasteiger partial charge in [0.05, 0.1) is 7.11 Å². The van der Waals surface area contributed by atoms with Gasteiger partial charge in [0.25, 0.3) is 0 Å². The summed E-state index contributed by atoms with van der Waals surface area (Å²) in [6, 6.07) is 9.02. The molecule has 100 valence electrons. The number of hydrogen-bond donors (Lipinski definition) is 0. The summed E-state index contributed by atoms with van der Waals surface area (Å²) in [5, 5.41) is 1.07. The fourth-order valence-electron chi connectivity index (χ4n) is 2.67. The molecule has 0 bridgehead atoms. The fraction of sp³-hybridized carbons (Fsp3) is 0.600. The van der Waals surface area contributed by atoms with Crippen LogP contribution in [0.5, 0.6) is 5.75 Å². The topological polar surface area (TPSA) is 12.5 Å². The molecule has 1 fully saturated rings. The second-order valence-electron chi connectivity index (χ2n) is 4.94. The first kappa shape index (κ1) is 13.9. The molecule has 1 atom stereocenters. The predicted octanol–water partition coefficient (Wildman–Crippen LogP) is 3.83. The van der Waals surface area contributed by atoms with Crippen LogP contribution in [-0.4, -0.2) is 29.9 Å². The summed E-state index contributed by atoms with van der Waals surface area (Å²) in [6.45, 7) is 2.20. The van der Waals surface area contributed by atoms with Crippen molar-refractivity contribution in [3.63, 3.8) is 0 Å². The van der Waals surface area contributed by atoms with E-state index in [2.05, 4.69) is 39.0 Å². The Kier molecular flexibility index (Phi) is 5.51. The van der Waals surface area contributed by atoms with Crippen LogP contribution in [0.4, 0.5) is 0 Å². The summed E-state index contributed by atoms with van der Waals surface area (Å²) in [5.74, 6) is 1.01. The van der Waals surface area contributed by atoms with E-state index in [1.807, 2.05) is 6.07 Å². The molecule has 2 nitrogen and oxygen atoms in total. The third-order valence-corrected chi connectivity index (χ3v) is 4.49. The van der Waals surface area contributed by atoms with Gasteiger partial charge in [0, 0.05) is 23.5 Å². The molecule has 2 rings (SSSR count). The molecule has 0 aromatic heterocycles. The first-order chi connectivity index (χ1) is 8.85. The quantitative estimate of drug-likeness (QED) is 0.783. The van der Waals surface area contributed by atoms with Crippen LogP contribution in [-0.2, 0) is 6.54 Å². The predicted molar refractivity (Wildman–Crippen MR) is 79.5 cm³/mol. The van der Waals surface area contributed by atoms with Crippen LogP contribution in [0.3, 0.4) is 0 Å². The molecule has 0 saturated carbocycles. The second-order valence-corrected chi connectivity index (χ2v) is 5.59. The van der Waals surface area contributed by atoms with Crippen molar-refractivity contribution < 1.29 is 4.74 Å². The van der Waals surface area contributed by atoms with E-state index < -0.39 is 0 Å². The summed E-state index contributed by atoms with van der Waals surface area (Å²) >= 11 is 3.66. The molecule has 1 unspecified atom stereocenters. The number of para-hydroxylation sites is 1. The minimum Gasteiger partial charge on any atom is -0.496 e. The van der Waals surface area contributed by atoms with Gasteiger partial charge in [0.15, 0.2) is 0 Å². The van der Waals surface area contributed by atoms with Crippen LogP contribution in [0, 0.1) is 0 Å². The average Bonchev–Trinajstić information content (AvgIpc) is 2.64. The number of likely N-dealkylation sites (tertiary alicyclic amines) is 1. The van der Waals surface area contributed by atoms with Crippen molar-refractivity contribution in [2.45, 2.75) is 38.3 Å². The number of methoxy groups -OCH3 is 1. The Balaban J connectivity index is 2.10. The summed E-state index contributed by atoms with van der Waals surface area (Å²) in [5.41, 5.74) is 1.30. The van der Waals surface area contributed by atoms with Gasteiger partial charge in [-0.15, -0.1) is 0 Å². The number of benzene rings is 1. The molecule has 1 aliphatic heterocycles. The molecule has 0 radical (unpaired) electrons. The number of rotatable bonds is 4. The lowest BCUT2D eigenvalue weighted by Gasteiger charge is -2.29. The maximum atomic E-state index is 5.45. The molecule has 1 aliphatic rings. The Labute approximate surface area is 118 Å². The average molecular weight is 312 g/mol. The number of nitrogens with zero attached hydrogens (tertiary/aromatic N) is 1. The molecule has 18 heavy (non-hydrogen) atoms. The minimum absolute atomic E-state index is 0.664. The van der Waals surface area contributed by atoms with Gasteiger partial charge >= 0.3 is 0 Å². The Hall–Kier alpha value is -0.540. The standard InChI is InChI=1S/C15H22BrNO/c1-18-15-9-5-4-7-13(15)12-17-10-6-2-3-8-14(17)11-16/h4-5,7,9,14H,2-3,6,8,10-12H2,1H3. The largest absolute Gasteiger partial charge is 0.496 e. The SMILES string of the molecule is COc1ccccc1CN1CCCCCC1CBr. The third-order valence-electron chi connectivity index (χ3n) is 3.74. The van der Waals surface area contributed by atoms with E-state index in [9.17, 15) is 0 Å². The zero-order valence-corrected chi connectivity index (χ0v) is 12.7. The Morgan fingerprint density at radius 3 is 2.89 bits per heavy atom. The third kappa shape index (κ3) is 3.48. The van der Waals surface area contributed by atoms with E-state index in [1.54, 1.807) is 7.11 Å². The lowest BCUT2D eigenvalue weighted by molar-refractivity contribution is 0.206. The maximum absolute atomic E-state index is 5.45. The van der Waals surface area contributed by atoms with Gasteiger partial charge in [-0.3, -0.25) is 4.90 Å². The van der Waals surface area contributed by atoms with Crippen molar-refractivity contribution in [1.82, 2.24) is 4.90 Å². The zero-order chi connectivity index (χ0) is 12.8. The van der Waals surface area contributed by atoms with Crippen molar-refractivity contribution in [2.75, 3.05) is 19.0 Å². The van der Waals surface area contributed by atoms with Crippen LogP contribution in [0.2, 0.25) is 0 Å². The van der Waals surface area contributed by atoms with Crippen molar-refractivity contribution >= 4 is 15.9 Å². The van der Waals surface area contributed by atoms with Gasteiger partial charge in [-0.25, -0.2) is 0 Å². The smallest absolute Gasteiger partial charge is 0.123 e. The molecule has 0 N–H and O–H groups in total. The van der Waals surface area contributed by atoms with Gasteiger partial charge < -0.3 is 4.74 Å². The lowest BCUT2D eigenvalue weighted by Crippen LogP contribution is -2.35. The fourth-order valence-corrected chi connectivity index (χ4v) is 3.41. The number of hydrogen-bond acceptors (Lipinski definition) is 2. The normalized spacial score (nSPS) is 21.6. The highest BCUT2D eigenvalue weighted by molar-refractivity contribution is 9.09. The minimum atomic E-state index is 0.664. The highest BCUT2D eigenvalue weighted by Crippen LogP contribution is 2.24. The van der Waals surface area contributed by atoms with E-state index in [4.69, 9.17) is 4.74 Å². The van der Waals surface area contributed by atoms with Gasteiger partial charge in [-0.1, -0.05) is 47.0 Å². The van der Waals surface area contributed by atoms with E-state index in [-0.39, 0.29) is 0 Å². The van der Waals surface area contributed by atoms with Crippen molar-refractivity contribution in [1.29, 1.82) is 0 Å². The molecule has 0 spiro atoms. The van der Waals surface area contributed by atoms with E-state index >= 15 is 0 Å². The Morgan fingerprint density at radius 2 is 2.11 bits per heavy atom. The summed E-state index contributed by atoms with van der Waals surface area (Å²) in [4.78, 5) is 2.60. The van der Waals surface area contributed by atoms with Crippen LogP contribution in [0.1, 0.15) is 31.2 Å². The summed E-state index contributed by atoms with van der Waals surface area (Å²) in [6.07, 6.45) is 5.35. The molecule has 1 aromatic rings. The zero-order valence-electron chi connectivity index (χ0n) is 11.1. The summed E-state index contributed by atoms with van der Waals surface area (Å²) in [7, 11) is 1.75. The van der Waals surface area contributed by atoms with Gasteiger partial charge in [0.1, 0.15) is 5.75 Å². The number of ether oxygens (including phenoxy) is 1. The monoisotopic (exact) mass is 311 g/mol. The lowest BCUT2D eigenvalue weighted by atomic mass is 10.1. The molecular weight excluding hydrogens is 290 g/mol. The van der Waals surface area contributed by atoms with Gasteiger partial charge in [0.2, 0.25) is 0 Å². The van der Waals surface area contributed by atoms with Crippen LogP contribution < -0.4 is 4.74 Å². The summed E-state index contributed by atoms with van der Waals surface area (Å²) < 4.78 is 5.45. The molecule has 0 amide bonds. The van der Waals surface area contributed by atoms with Gasteiger partial charge in [-0.2, -0.15) is 0 Å². The molecule has 0 aliphatic carbocycles. The molecule has 3 heteroatoms. The van der Waals surface area contributed by atoms with E-state index in [1.165, 1.54) is 37.8 Å². The Morgan fingerprint density at radius 1 is 1.28 bits per heavy atom. The van der Waals surface area contributed by atoms with E-state index in [0.29, 0.717) is 6.04 Å². The van der Waals surface area contributed by atoms with Gasteiger partial charge in [-0.05, 0) is 25.5 Å². The van der Waals surface area contributed by atoms with Crippen molar-refractivity contribution in [3.05, 3.63) is 29.8 Å². The Bertz CT molecular complexity index is 369. The van der Waals surface area contributed by atoms with Crippen LogP contribution in [0.25, 0.3) is 0 Å². The van der Waals surface area contributed by atoms with Crippen LogP contribution >= 0.6 is 15.9 Å². The highest BCUT2D eigenvalue weighted by Gasteiger charge is 2.20. The number of alkyl halides is 1. The maximum Gasteiger partial charge on any atom is 0.123 e. The number of halogens is 1. The van der Waals surface area contributed by atoms with E-state index in [0.717, 1.165) is 17.6 Å².